The van der Waals surface area contributed by atoms with E-state index in [1.54, 1.807) is 0 Å². The second kappa shape index (κ2) is 9.82. The van der Waals surface area contributed by atoms with Gasteiger partial charge in [-0.25, -0.2) is 4.98 Å². The topological polar surface area (TPSA) is 67.8 Å². The summed E-state index contributed by atoms with van der Waals surface area (Å²) in [5.41, 5.74) is 3.04. The van der Waals surface area contributed by atoms with Gasteiger partial charge in [0, 0.05) is 21.0 Å². The Morgan fingerprint density at radius 3 is 2.61 bits per heavy atom. The number of aromatic nitrogens is 1. The molecule has 3 aromatic rings. The third-order valence-electron chi connectivity index (χ3n) is 4.26. The summed E-state index contributed by atoms with van der Waals surface area (Å²) in [5.74, 6) is 0.802. The molecule has 0 aliphatic carbocycles. The van der Waals surface area contributed by atoms with Crippen LogP contribution in [0.25, 0.3) is 11.3 Å². The maximum absolute atomic E-state index is 12.3. The third kappa shape index (κ3) is 5.64. The number of thiazole rings is 1. The molecule has 0 spiro atoms. The van der Waals surface area contributed by atoms with Crippen LogP contribution in [-0.4, -0.2) is 24.0 Å². The number of anilines is 1. The Morgan fingerprint density at radius 1 is 1.21 bits per heavy atom. The number of nitrogens with one attached hydrogen (secondary N) is 1. The Labute approximate surface area is 177 Å². The zero-order valence-electron chi connectivity index (χ0n) is 15.8. The van der Waals surface area contributed by atoms with Gasteiger partial charge in [-0.3, -0.25) is 10.1 Å². The van der Waals surface area contributed by atoms with Gasteiger partial charge in [-0.2, -0.15) is 0 Å². The average molecular weight is 461 g/mol. The Kier molecular flexibility index (Phi) is 7.19. The van der Waals surface area contributed by atoms with Crippen molar-refractivity contribution < 1.29 is 14.8 Å². The second-order valence-corrected chi connectivity index (χ2v) is 8.10. The molecule has 0 saturated carbocycles. The number of nitrogens with two attached hydrogens (primary N) is 1. The first-order valence-electron chi connectivity index (χ1n) is 9.12. The predicted molar refractivity (Wildman–Crippen MR) is 117 cm³/mol. The molecule has 1 aromatic heterocycles. The van der Waals surface area contributed by atoms with Crippen LogP contribution in [0, 0.1) is 0 Å². The lowest BCUT2D eigenvalue weighted by Crippen LogP contribution is -2.86. The van der Waals surface area contributed by atoms with E-state index in [9.17, 15) is 4.79 Å². The summed E-state index contributed by atoms with van der Waals surface area (Å²) in [5, 5.41) is 7.46. The fourth-order valence-electron chi connectivity index (χ4n) is 2.71. The van der Waals surface area contributed by atoms with Crippen molar-refractivity contribution >= 4 is 38.3 Å². The fourth-order valence-corrected chi connectivity index (χ4v) is 3.71. The number of hydrogen-bond acceptors (Lipinski definition) is 4. The summed E-state index contributed by atoms with van der Waals surface area (Å²) >= 11 is 4.86. The van der Waals surface area contributed by atoms with E-state index in [1.165, 1.54) is 11.3 Å². The minimum Gasteiger partial charge on any atom is -0.494 e. The maximum Gasteiger partial charge on any atom is 0.281 e. The van der Waals surface area contributed by atoms with Crippen LogP contribution in [0.3, 0.4) is 0 Å². The van der Waals surface area contributed by atoms with E-state index in [0.717, 1.165) is 27.0 Å². The third-order valence-corrected chi connectivity index (χ3v) is 5.55. The van der Waals surface area contributed by atoms with Gasteiger partial charge in [-0.15, -0.1) is 11.3 Å². The largest absolute Gasteiger partial charge is 0.494 e. The van der Waals surface area contributed by atoms with Gasteiger partial charge < -0.3 is 10.1 Å². The quantitative estimate of drug-likeness (QED) is 0.528. The lowest BCUT2D eigenvalue weighted by Gasteiger charge is -2.11. The molecule has 0 fully saturated rings. The van der Waals surface area contributed by atoms with E-state index in [-0.39, 0.29) is 11.9 Å². The number of halogens is 1. The molecule has 0 aliphatic heterocycles. The molecule has 0 radical (unpaired) electrons. The lowest BCUT2D eigenvalue weighted by molar-refractivity contribution is -0.682. The first-order chi connectivity index (χ1) is 13.5. The minimum absolute atomic E-state index is 0.0607. The van der Waals surface area contributed by atoms with E-state index in [2.05, 4.69) is 33.2 Å². The number of quaternary nitrogens is 1. The molecular formula is C21H23BrN3O2S+. The monoisotopic (exact) mass is 460 g/mol. The normalized spacial score (nSPS) is 11.8. The van der Waals surface area contributed by atoms with Crippen LogP contribution in [0.15, 0.2) is 58.4 Å². The number of nitrogens with zero attached hydrogens (tertiary/aromatic N) is 1. The highest BCUT2D eigenvalue weighted by Gasteiger charge is 2.13. The molecule has 146 valence electrons. The van der Waals surface area contributed by atoms with Crippen molar-refractivity contribution in [2.75, 3.05) is 18.5 Å². The summed E-state index contributed by atoms with van der Waals surface area (Å²) in [6.07, 6.45) is 0. The van der Waals surface area contributed by atoms with Crippen molar-refractivity contribution in [2.24, 2.45) is 0 Å². The summed E-state index contributed by atoms with van der Waals surface area (Å²) in [4.78, 5) is 16.8. The van der Waals surface area contributed by atoms with Crippen molar-refractivity contribution in [1.82, 2.24) is 4.98 Å². The zero-order valence-corrected chi connectivity index (χ0v) is 18.2. The number of ether oxygens (including phenoxy) is 1. The molecule has 0 saturated heterocycles. The first kappa shape index (κ1) is 20.5. The van der Waals surface area contributed by atoms with Gasteiger partial charge in [0.15, 0.2) is 11.7 Å². The minimum atomic E-state index is -0.0607. The van der Waals surface area contributed by atoms with Crippen molar-refractivity contribution in [3.05, 3.63) is 63.9 Å². The molecule has 0 unspecified atom stereocenters. The van der Waals surface area contributed by atoms with Crippen LogP contribution < -0.4 is 15.4 Å². The first-order valence-corrected chi connectivity index (χ1v) is 10.8. The molecule has 5 nitrogen and oxygen atoms in total. The Bertz CT molecular complexity index is 910. The van der Waals surface area contributed by atoms with Gasteiger partial charge >= 0.3 is 0 Å². The Balaban J connectivity index is 1.51. The maximum atomic E-state index is 12.3. The van der Waals surface area contributed by atoms with E-state index in [0.29, 0.717) is 18.3 Å². The van der Waals surface area contributed by atoms with Crippen LogP contribution in [-0.2, 0) is 4.79 Å². The van der Waals surface area contributed by atoms with Gasteiger partial charge in [0.05, 0.1) is 12.3 Å². The molecule has 7 heteroatoms. The molecular weight excluding hydrogens is 438 g/mol. The highest BCUT2D eigenvalue weighted by molar-refractivity contribution is 9.10. The van der Waals surface area contributed by atoms with Crippen molar-refractivity contribution in [2.45, 2.75) is 19.9 Å². The van der Waals surface area contributed by atoms with Gasteiger partial charge in [0.25, 0.3) is 5.91 Å². The van der Waals surface area contributed by atoms with Crippen LogP contribution >= 0.6 is 27.3 Å². The molecule has 3 rings (SSSR count). The van der Waals surface area contributed by atoms with Crippen LogP contribution in [0.5, 0.6) is 5.75 Å². The van der Waals surface area contributed by atoms with Crippen LogP contribution in [0.2, 0.25) is 0 Å². The Morgan fingerprint density at radius 2 is 1.93 bits per heavy atom. The summed E-state index contributed by atoms with van der Waals surface area (Å²) in [6, 6.07) is 16.1. The van der Waals surface area contributed by atoms with Crippen molar-refractivity contribution in [3.63, 3.8) is 0 Å². The summed E-state index contributed by atoms with van der Waals surface area (Å²) in [7, 11) is 0. The average Bonchev–Trinajstić information content (AvgIpc) is 3.16. The van der Waals surface area contributed by atoms with Crippen LogP contribution in [0.1, 0.15) is 25.5 Å². The summed E-state index contributed by atoms with van der Waals surface area (Å²) in [6.45, 7) is 5.04. The molecule has 1 atom stereocenters. The zero-order chi connectivity index (χ0) is 19.9. The van der Waals surface area contributed by atoms with Gasteiger partial charge in [-0.1, -0.05) is 28.1 Å². The Hall–Kier alpha value is -2.22. The smallest absolute Gasteiger partial charge is 0.281 e. The van der Waals surface area contributed by atoms with E-state index >= 15 is 0 Å². The SMILES string of the molecule is CCOc1ccc([C@@H](C)[NH2+]CC(=O)Nc2nc(-c3ccc(Br)cc3)cs2)cc1. The number of carbonyl (C=O) groups is 1. The van der Waals surface area contributed by atoms with E-state index in [1.807, 2.05) is 66.2 Å². The van der Waals surface area contributed by atoms with E-state index < -0.39 is 0 Å². The molecule has 28 heavy (non-hydrogen) atoms. The molecule has 0 bridgehead atoms. The molecule has 1 heterocycles. The van der Waals surface area contributed by atoms with Gasteiger partial charge in [-0.05, 0) is 50.2 Å². The number of hydrogen-bond donors (Lipinski definition) is 2. The van der Waals surface area contributed by atoms with Crippen LogP contribution in [0.4, 0.5) is 5.13 Å². The molecule has 3 N–H and O–H groups in total. The predicted octanol–water partition coefficient (Wildman–Crippen LogP) is 4.23. The molecule has 0 aliphatic rings. The number of carbonyl (C=O) groups excluding carboxylic acids is 1. The number of benzene rings is 2. The van der Waals surface area contributed by atoms with E-state index in [4.69, 9.17) is 4.74 Å². The van der Waals surface area contributed by atoms with Crippen molar-refractivity contribution in [1.29, 1.82) is 0 Å². The number of amides is 1. The lowest BCUT2D eigenvalue weighted by atomic mass is 10.1. The standard InChI is InChI=1S/C21H22BrN3O2S/c1-3-27-18-10-6-15(7-11-18)14(2)23-12-20(26)25-21-24-19(13-28-21)16-4-8-17(22)9-5-16/h4-11,13-14,23H,3,12H2,1-2H3,(H,24,25,26)/p+1/t14-/m1/s1. The van der Waals surface area contributed by atoms with Crippen molar-refractivity contribution in [3.8, 4) is 17.0 Å². The molecule has 1 amide bonds. The van der Waals surface area contributed by atoms with Gasteiger partial charge in [0.2, 0.25) is 0 Å². The highest BCUT2D eigenvalue weighted by Crippen LogP contribution is 2.26. The summed E-state index contributed by atoms with van der Waals surface area (Å²) < 4.78 is 6.49. The highest BCUT2D eigenvalue weighted by atomic mass is 79.9. The molecule has 2 aromatic carbocycles. The second-order valence-electron chi connectivity index (χ2n) is 6.32. The van der Waals surface area contributed by atoms with Gasteiger partial charge in [0.1, 0.15) is 11.8 Å². The number of rotatable bonds is 8. The fraction of sp³-hybridized carbons (Fsp3) is 0.238.